The molecule has 12 nitrogen and oxygen atoms in total. The van der Waals surface area contributed by atoms with Crippen LogP contribution >= 0.6 is 46.5 Å². The van der Waals surface area contributed by atoms with Crippen molar-refractivity contribution in [3.8, 4) is 0 Å². The van der Waals surface area contributed by atoms with Gasteiger partial charge in [0.15, 0.2) is 0 Å². The van der Waals surface area contributed by atoms with Crippen molar-refractivity contribution in [2.24, 2.45) is 27.1 Å². The molecule has 0 N–H and O–H groups in total. The lowest BCUT2D eigenvalue weighted by atomic mass is 10.5. The number of rotatable bonds is 12. The molecule has 0 saturated heterocycles. The molecule has 0 spiro atoms. The van der Waals surface area contributed by atoms with E-state index in [1.807, 2.05) is 0 Å². The third-order valence-electron chi connectivity index (χ3n) is 3.39. The van der Waals surface area contributed by atoms with Gasteiger partial charge >= 0.3 is 46.5 Å². The third kappa shape index (κ3) is 14.4. The van der Waals surface area contributed by atoms with E-state index in [0.717, 1.165) is 0 Å². The van der Waals surface area contributed by atoms with Gasteiger partial charge in [0, 0.05) is 0 Å². The Balaban J connectivity index is 4.74. The molecule has 0 aromatic carbocycles. The van der Waals surface area contributed by atoms with Crippen LogP contribution in [0.2, 0.25) is 0 Å². The van der Waals surface area contributed by atoms with Crippen molar-refractivity contribution in [2.75, 3.05) is 0 Å². The Kier molecular flexibility index (Phi) is 15.1. The average molecular weight is 738 g/mol. The van der Waals surface area contributed by atoms with E-state index < -0.39 is 83.1 Å². The van der Waals surface area contributed by atoms with Crippen molar-refractivity contribution >= 4 is 46.5 Å². The fourth-order valence-corrected chi connectivity index (χ4v) is 17.4. The van der Waals surface area contributed by atoms with Gasteiger partial charge in [0.25, 0.3) is 0 Å². The lowest BCUT2D eigenvalue weighted by Crippen LogP contribution is -2.03. The van der Waals surface area contributed by atoms with E-state index in [0.29, 0.717) is 0 Å². The molecule has 24 heteroatoms. The summed E-state index contributed by atoms with van der Waals surface area (Å²) in [6.07, 6.45) is -6.69. The lowest BCUT2D eigenvalue weighted by Gasteiger charge is -2.25. The fraction of sp³-hybridized carbons (Fsp3) is 1.00. The number of halogens is 6. The molecular formula is C18H42F6N6O6P6. The highest BCUT2D eigenvalue weighted by Crippen LogP contribution is 2.83. The third-order valence-corrected chi connectivity index (χ3v) is 18.1. The Bertz CT molecular complexity index is 1010. The molecule has 1 rings (SSSR count). The van der Waals surface area contributed by atoms with E-state index in [9.17, 15) is 0 Å². The van der Waals surface area contributed by atoms with E-state index in [4.69, 9.17) is 27.1 Å². The molecule has 0 fully saturated rings. The summed E-state index contributed by atoms with van der Waals surface area (Å²) in [7, 11) is -33.7. The molecule has 0 atom stereocenters. The molecule has 0 radical (unpaired) electrons. The summed E-state index contributed by atoms with van der Waals surface area (Å²) in [6, 6.07) is 0. The molecule has 0 saturated carbocycles. The average Bonchev–Trinajstić information content (AvgIpc) is 2.58. The van der Waals surface area contributed by atoms with Crippen LogP contribution in [0.15, 0.2) is 27.1 Å². The monoisotopic (exact) mass is 738 g/mol. The maximum Gasteiger partial charge on any atom is 0.388 e. The molecular weight excluding hydrogens is 696 g/mol. The van der Waals surface area contributed by atoms with Crippen LogP contribution in [0.4, 0.5) is 25.2 Å². The summed E-state index contributed by atoms with van der Waals surface area (Å²) in [5.41, 5.74) is 0. The largest absolute Gasteiger partial charge is 0.388 e. The van der Waals surface area contributed by atoms with Crippen LogP contribution in [0.3, 0.4) is 0 Å². The molecule has 42 heavy (non-hydrogen) atoms. The van der Waals surface area contributed by atoms with Gasteiger partial charge in [-0.05, 0) is 83.1 Å². The summed E-state index contributed by atoms with van der Waals surface area (Å²) in [6.45, 7) is 15.5. The van der Waals surface area contributed by atoms with Crippen LogP contribution in [0.5, 0.6) is 0 Å². The maximum absolute atomic E-state index is 16.5. The minimum Gasteiger partial charge on any atom is -0.300 e. The van der Waals surface area contributed by atoms with Gasteiger partial charge in [0.1, 0.15) is 0 Å². The van der Waals surface area contributed by atoms with Crippen molar-refractivity contribution in [3.05, 3.63) is 0 Å². The zero-order valence-electron chi connectivity index (χ0n) is 25.5. The van der Waals surface area contributed by atoms with Crippen LogP contribution < -0.4 is 0 Å². The molecule has 0 unspecified atom stereocenters. The van der Waals surface area contributed by atoms with E-state index in [-0.39, 0.29) is 0 Å². The molecule has 0 amide bonds. The zero-order chi connectivity index (χ0) is 32.9. The molecule has 0 aliphatic carbocycles. The smallest absolute Gasteiger partial charge is 0.300 e. The Morgan fingerprint density at radius 1 is 0.286 bits per heavy atom. The van der Waals surface area contributed by atoms with Crippen LogP contribution in [-0.4, -0.2) is 36.6 Å². The van der Waals surface area contributed by atoms with Gasteiger partial charge in [-0.3, -0.25) is 0 Å². The topological polar surface area (TPSA) is 130 Å². The molecule has 1 heterocycles. The van der Waals surface area contributed by atoms with Gasteiger partial charge in [-0.15, -0.1) is 27.1 Å². The molecule has 0 aromatic rings. The first-order valence-electron chi connectivity index (χ1n) is 12.9. The van der Waals surface area contributed by atoms with Crippen LogP contribution in [0.1, 0.15) is 83.1 Å². The zero-order valence-corrected chi connectivity index (χ0v) is 30.9. The maximum atomic E-state index is 16.5. The second-order valence-electron chi connectivity index (χ2n) is 10.3. The molecule has 1 aliphatic rings. The van der Waals surface area contributed by atoms with Gasteiger partial charge in [-0.2, -0.15) is 25.2 Å². The standard InChI is InChI=1S/C18H42F6N6O6P6/c1-13(2)31-37(19)25-38(20,32-14(3)4)27-40(22,34-16(7)8)29-42(24,36-18(11)12)30-41(23,35-17(9)10)28-39(21,26-37)33-15(5)6/h13-18H,1-12H3. The Morgan fingerprint density at radius 3 is 0.452 bits per heavy atom. The minimum absolute atomic E-state index is 1.12. The Morgan fingerprint density at radius 2 is 0.381 bits per heavy atom. The highest BCUT2D eigenvalue weighted by atomic mass is 31.3. The van der Waals surface area contributed by atoms with Crippen LogP contribution in [-0.2, 0) is 27.1 Å². The molecule has 0 aromatic heterocycles. The first kappa shape index (κ1) is 40.7. The second kappa shape index (κ2) is 15.5. The van der Waals surface area contributed by atoms with Crippen molar-refractivity contribution in [1.82, 2.24) is 0 Å². The normalized spacial score (nSPS) is 36.6. The first-order valence-corrected chi connectivity index (χ1v) is 21.9. The minimum atomic E-state index is -5.61. The Labute approximate surface area is 245 Å². The number of hydrogen-bond donors (Lipinski definition) is 0. The van der Waals surface area contributed by atoms with Gasteiger partial charge < -0.3 is 27.1 Å². The molecule has 0 bridgehead atoms. The summed E-state index contributed by atoms with van der Waals surface area (Å²) in [4.78, 5) is 0. The van der Waals surface area contributed by atoms with E-state index in [2.05, 4.69) is 27.1 Å². The summed E-state index contributed by atoms with van der Waals surface area (Å²) in [5, 5.41) is 0. The molecule has 1 aliphatic heterocycles. The number of nitrogens with zero attached hydrogens (tertiary/aromatic N) is 6. The van der Waals surface area contributed by atoms with Gasteiger partial charge in [0.05, 0.1) is 36.6 Å². The van der Waals surface area contributed by atoms with Gasteiger partial charge in [-0.1, -0.05) is 0 Å². The van der Waals surface area contributed by atoms with E-state index in [1.165, 1.54) is 83.1 Å². The Hall–Kier alpha value is 0.720. The van der Waals surface area contributed by atoms with E-state index >= 15 is 25.2 Å². The van der Waals surface area contributed by atoms with Crippen molar-refractivity contribution < 1.29 is 52.3 Å². The lowest BCUT2D eigenvalue weighted by molar-refractivity contribution is 0.236. The van der Waals surface area contributed by atoms with Crippen molar-refractivity contribution in [2.45, 2.75) is 120 Å². The predicted molar refractivity (Wildman–Crippen MR) is 160 cm³/mol. The van der Waals surface area contributed by atoms with Crippen molar-refractivity contribution in [1.29, 1.82) is 0 Å². The van der Waals surface area contributed by atoms with Crippen molar-refractivity contribution in [3.63, 3.8) is 0 Å². The van der Waals surface area contributed by atoms with Gasteiger partial charge in [-0.25, -0.2) is 0 Å². The highest BCUT2D eigenvalue weighted by Gasteiger charge is 2.44. The quantitative estimate of drug-likeness (QED) is 0.145. The summed E-state index contributed by atoms with van der Waals surface area (Å²) >= 11 is 0. The van der Waals surface area contributed by atoms with Crippen LogP contribution in [0.25, 0.3) is 0 Å². The number of hydrogen-bond acceptors (Lipinski definition) is 12. The summed E-state index contributed by atoms with van der Waals surface area (Å²) in [5.74, 6) is 0. The van der Waals surface area contributed by atoms with Crippen LogP contribution in [0, 0.1) is 0 Å². The SMILES string of the molecule is CC(C)OP1(F)=NP(F)(OC(C)C)=NP(F)(OC(C)C)=NP(F)(OC(C)C)=NP(F)(OC(C)C)=NP(F)(OC(C)C)=N1. The van der Waals surface area contributed by atoms with Gasteiger partial charge in [0.2, 0.25) is 0 Å². The molecule has 252 valence electrons. The second-order valence-corrected chi connectivity index (χ2v) is 21.5. The highest BCUT2D eigenvalue weighted by molar-refractivity contribution is 7.78. The van der Waals surface area contributed by atoms with E-state index in [1.54, 1.807) is 0 Å². The first-order chi connectivity index (χ1) is 18.7. The fourth-order valence-electron chi connectivity index (χ4n) is 2.79. The predicted octanol–water partition coefficient (Wildman–Crippen LogP) is 14.0. The summed E-state index contributed by atoms with van der Waals surface area (Å²) < 4.78 is 149.